The Labute approximate surface area is 474 Å². The van der Waals surface area contributed by atoms with Gasteiger partial charge in [0.25, 0.3) is 0 Å². The highest BCUT2D eigenvalue weighted by molar-refractivity contribution is 5.71. The fourth-order valence-corrected chi connectivity index (χ4v) is 8.19. The molecule has 0 bridgehead atoms. The van der Waals surface area contributed by atoms with Gasteiger partial charge >= 0.3 is 17.9 Å². The topological polar surface area (TPSA) is 78.9 Å². The summed E-state index contributed by atoms with van der Waals surface area (Å²) in [6.45, 7) is 6.31. The van der Waals surface area contributed by atoms with E-state index in [-0.39, 0.29) is 44.0 Å². The molecule has 0 saturated heterocycles. The van der Waals surface area contributed by atoms with Gasteiger partial charge in [0.05, 0.1) is 0 Å². The summed E-state index contributed by atoms with van der Waals surface area (Å²) in [4.78, 5) is 38.3. The lowest BCUT2D eigenvalue weighted by Crippen LogP contribution is -2.30. The van der Waals surface area contributed by atoms with Gasteiger partial charge in [-0.25, -0.2) is 0 Å². The quantitative estimate of drug-likeness (QED) is 0.0261. The molecule has 0 aromatic heterocycles. The van der Waals surface area contributed by atoms with E-state index in [1.807, 2.05) is 0 Å². The second kappa shape index (κ2) is 63.8. The molecule has 0 aromatic rings. The standard InChI is InChI=1S/C71H114O6/c1-4-7-10-13-16-19-22-25-28-31-32-33-34-35-36-37-38-41-43-46-49-52-55-58-61-64-70(73)76-67-68(77-71(74)65-62-59-56-53-50-47-44-40-30-27-24-21-18-15-12-9-6-3)66-75-69(72)63-60-57-54-51-48-45-42-39-29-26-23-20-17-14-11-8-5-2/h8-9,11-12,17-18,20-22,25-27,29-32,42,44-45,47,51,53-54,56,68H,4-7,10,13-16,19,23-24,28,33-41,43,46,48-50,52,55,57-67H2,1-3H3/b11-8-,12-9-,20-17-,21-18-,25-22-,29-26-,30-27-,32-31-,45-42-,47-44-,54-51-,56-53-. The van der Waals surface area contributed by atoms with Gasteiger partial charge in [0.2, 0.25) is 0 Å². The summed E-state index contributed by atoms with van der Waals surface area (Å²) in [5.74, 6) is -1.05. The van der Waals surface area contributed by atoms with E-state index < -0.39 is 6.10 Å². The van der Waals surface area contributed by atoms with Crippen molar-refractivity contribution in [1.82, 2.24) is 0 Å². The molecule has 0 radical (unpaired) electrons. The minimum absolute atomic E-state index is 0.124. The molecule has 6 nitrogen and oxygen atoms in total. The molecular weight excluding hydrogens is 949 g/mol. The molecule has 0 heterocycles. The van der Waals surface area contributed by atoms with Crippen molar-refractivity contribution in [3.8, 4) is 0 Å². The minimum Gasteiger partial charge on any atom is -0.462 e. The van der Waals surface area contributed by atoms with Crippen LogP contribution in [0.2, 0.25) is 0 Å². The highest BCUT2D eigenvalue weighted by Crippen LogP contribution is 2.15. The summed E-state index contributed by atoms with van der Waals surface area (Å²) in [7, 11) is 0. The number of rotatable bonds is 55. The summed E-state index contributed by atoms with van der Waals surface area (Å²) in [6.07, 6.45) is 91.5. The SMILES string of the molecule is CC/C=C\C/C=C\C/C=C\C/C=C\C/C=C\CCCC(=O)OCC(COC(=O)CCCCCCCCCCCCCCC/C=C\C/C=C\CCCCCCC)OC(=O)CCC/C=C\C/C=C\C/C=C\C/C=C\C/C=C\CC. The number of carbonyl (C=O) groups excluding carboxylic acids is 3. The molecule has 1 atom stereocenters. The maximum Gasteiger partial charge on any atom is 0.306 e. The summed E-state index contributed by atoms with van der Waals surface area (Å²) in [6, 6.07) is 0. The van der Waals surface area contributed by atoms with Gasteiger partial charge in [-0.15, -0.1) is 0 Å². The molecule has 0 aliphatic rings. The third-order valence-corrected chi connectivity index (χ3v) is 12.8. The summed E-state index contributed by atoms with van der Waals surface area (Å²) >= 11 is 0. The third kappa shape index (κ3) is 62.0. The number of carbonyl (C=O) groups is 3. The Hall–Kier alpha value is -4.71. The number of hydrogen-bond acceptors (Lipinski definition) is 6. The Morgan fingerprint density at radius 1 is 0.273 bits per heavy atom. The molecule has 0 rings (SSSR count). The van der Waals surface area contributed by atoms with Crippen molar-refractivity contribution in [2.75, 3.05) is 13.2 Å². The van der Waals surface area contributed by atoms with Crippen LogP contribution >= 0.6 is 0 Å². The van der Waals surface area contributed by atoms with Crippen molar-refractivity contribution in [3.05, 3.63) is 146 Å². The van der Waals surface area contributed by atoms with Crippen LogP contribution in [0.3, 0.4) is 0 Å². The predicted octanol–water partition coefficient (Wildman–Crippen LogP) is 21.5. The van der Waals surface area contributed by atoms with Crippen LogP contribution in [0.1, 0.15) is 265 Å². The summed E-state index contributed by atoms with van der Waals surface area (Å²) in [5.41, 5.74) is 0. The number of unbranched alkanes of at least 4 members (excludes halogenated alkanes) is 20. The normalized spacial score (nSPS) is 13.1. The first kappa shape index (κ1) is 72.3. The first-order chi connectivity index (χ1) is 38.0. The lowest BCUT2D eigenvalue weighted by atomic mass is 10.0. The van der Waals surface area contributed by atoms with E-state index in [0.717, 1.165) is 103 Å². The summed E-state index contributed by atoms with van der Waals surface area (Å²) < 4.78 is 16.8. The number of esters is 3. The van der Waals surface area contributed by atoms with Crippen LogP contribution in [-0.2, 0) is 28.6 Å². The minimum atomic E-state index is -0.838. The van der Waals surface area contributed by atoms with Crippen molar-refractivity contribution in [3.63, 3.8) is 0 Å². The molecule has 0 aliphatic carbocycles. The Morgan fingerprint density at radius 3 is 0.844 bits per heavy atom. The molecule has 0 amide bonds. The van der Waals surface area contributed by atoms with Gasteiger partial charge in [-0.1, -0.05) is 263 Å². The van der Waals surface area contributed by atoms with Crippen LogP contribution in [0.15, 0.2) is 146 Å². The Morgan fingerprint density at radius 2 is 0.519 bits per heavy atom. The highest BCUT2D eigenvalue weighted by Gasteiger charge is 2.19. The Balaban J connectivity index is 4.48. The first-order valence-corrected chi connectivity index (χ1v) is 31.3. The van der Waals surface area contributed by atoms with Crippen molar-refractivity contribution in [2.45, 2.75) is 271 Å². The van der Waals surface area contributed by atoms with Gasteiger partial charge in [0.15, 0.2) is 6.10 Å². The molecule has 0 aromatic carbocycles. The van der Waals surface area contributed by atoms with Crippen LogP contribution < -0.4 is 0 Å². The number of allylic oxidation sites excluding steroid dienone is 24. The van der Waals surface area contributed by atoms with Crippen LogP contribution in [0, 0.1) is 0 Å². The zero-order chi connectivity index (χ0) is 55.7. The second-order valence-corrected chi connectivity index (χ2v) is 20.2. The number of hydrogen-bond donors (Lipinski definition) is 0. The van der Waals surface area contributed by atoms with Gasteiger partial charge in [-0.2, -0.15) is 0 Å². The molecule has 0 fully saturated rings. The fraction of sp³-hybridized carbons (Fsp3) is 0.620. The average Bonchev–Trinajstić information content (AvgIpc) is 3.43. The van der Waals surface area contributed by atoms with E-state index in [9.17, 15) is 14.4 Å². The van der Waals surface area contributed by atoms with E-state index in [1.165, 1.54) is 109 Å². The van der Waals surface area contributed by atoms with Gasteiger partial charge in [-0.05, 0) is 128 Å². The second-order valence-electron chi connectivity index (χ2n) is 20.2. The molecule has 434 valence electrons. The lowest BCUT2D eigenvalue weighted by molar-refractivity contribution is -0.167. The molecule has 6 heteroatoms. The van der Waals surface area contributed by atoms with Gasteiger partial charge in [0, 0.05) is 19.3 Å². The molecule has 0 saturated carbocycles. The van der Waals surface area contributed by atoms with Crippen molar-refractivity contribution >= 4 is 17.9 Å². The lowest BCUT2D eigenvalue weighted by Gasteiger charge is -2.18. The number of ether oxygens (including phenoxy) is 3. The van der Waals surface area contributed by atoms with Crippen LogP contribution in [0.25, 0.3) is 0 Å². The first-order valence-electron chi connectivity index (χ1n) is 31.3. The van der Waals surface area contributed by atoms with Crippen molar-refractivity contribution in [2.24, 2.45) is 0 Å². The van der Waals surface area contributed by atoms with E-state index >= 15 is 0 Å². The van der Waals surface area contributed by atoms with Gasteiger partial charge in [0.1, 0.15) is 13.2 Å². The van der Waals surface area contributed by atoms with E-state index in [1.54, 1.807) is 0 Å². The summed E-state index contributed by atoms with van der Waals surface area (Å²) in [5, 5.41) is 0. The monoisotopic (exact) mass is 1060 g/mol. The van der Waals surface area contributed by atoms with E-state index in [4.69, 9.17) is 14.2 Å². The maximum atomic E-state index is 12.9. The Bertz CT molecular complexity index is 1700. The molecule has 0 spiro atoms. The van der Waals surface area contributed by atoms with Crippen LogP contribution in [0.5, 0.6) is 0 Å². The van der Waals surface area contributed by atoms with E-state index in [2.05, 4.69) is 167 Å². The highest BCUT2D eigenvalue weighted by atomic mass is 16.6. The smallest absolute Gasteiger partial charge is 0.306 e. The predicted molar refractivity (Wildman–Crippen MR) is 334 cm³/mol. The van der Waals surface area contributed by atoms with Crippen molar-refractivity contribution < 1.29 is 28.6 Å². The zero-order valence-electron chi connectivity index (χ0n) is 49.7. The van der Waals surface area contributed by atoms with Crippen LogP contribution in [-0.4, -0.2) is 37.2 Å². The molecule has 1 unspecified atom stereocenters. The van der Waals surface area contributed by atoms with Gasteiger partial charge < -0.3 is 14.2 Å². The molecule has 0 N–H and O–H groups in total. The fourth-order valence-electron chi connectivity index (χ4n) is 8.19. The van der Waals surface area contributed by atoms with E-state index in [0.29, 0.717) is 19.3 Å². The maximum absolute atomic E-state index is 12.9. The Kier molecular flexibility index (Phi) is 59.9. The average molecular weight is 1060 g/mol. The van der Waals surface area contributed by atoms with Crippen LogP contribution in [0.4, 0.5) is 0 Å². The largest absolute Gasteiger partial charge is 0.462 e. The molecular formula is C71H114O6. The molecule has 0 aliphatic heterocycles. The van der Waals surface area contributed by atoms with Gasteiger partial charge in [-0.3, -0.25) is 14.4 Å². The third-order valence-electron chi connectivity index (χ3n) is 12.8. The zero-order valence-corrected chi connectivity index (χ0v) is 49.7. The van der Waals surface area contributed by atoms with Crippen molar-refractivity contribution in [1.29, 1.82) is 0 Å². The molecule has 77 heavy (non-hydrogen) atoms.